The van der Waals surface area contributed by atoms with Crippen molar-refractivity contribution in [3.05, 3.63) is 71.5 Å². The van der Waals surface area contributed by atoms with Gasteiger partial charge in [-0.2, -0.15) is 0 Å². The van der Waals surface area contributed by atoms with E-state index in [2.05, 4.69) is 0 Å². The molecule has 0 spiro atoms. The Kier molecular flexibility index (Phi) is 4.76. The van der Waals surface area contributed by atoms with E-state index in [4.69, 9.17) is 5.73 Å². The summed E-state index contributed by atoms with van der Waals surface area (Å²) in [6, 6.07) is 16.8. The van der Waals surface area contributed by atoms with Gasteiger partial charge in [-0.15, -0.1) is 0 Å². The number of rotatable bonds is 5. The van der Waals surface area contributed by atoms with Gasteiger partial charge < -0.3 is 10.6 Å². The van der Waals surface area contributed by atoms with Crippen molar-refractivity contribution in [3.63, 3.8) is 0 Å². The molecule has 0 fully saturated rings. The molecule has 0 aliphatic heterocycles. The van der Waals surface area contributed by atoms with Crippen LogP contribution in [-0.4, -0.2) is 25.0 Å². The molecule has 2 aromatic rings. The van der Waals surface area contributed by atoms with Crippen LogP contribution in [-0.2, 0) is 12.0 Å². The van der Waals surface area contributed by atoms with Crippen LogP contribution < -0.4 is 5.73 Å². The van der Waals surface area contributed by atoms with Crippen molar-refractivity contribution >= 4 is 0 Å². The SMILES string of the molecule is CC(N(C)C)C(N)(Cc1ccccc1)c1ccccc1F. The van der Waals surface area contributed by atoms with Crippen LogP contribution in [0.2, 0.25) is 0 Å². The summed E-state index contributed by atoms with van der Waals surface area (Å²) in [6.07, 6.45) is 0.591. The summed E-state index contributed by atoms with van der Waals surface area (Å²) in [5.41, 5.74) is 7.61. The van der Waals surface area contributed by atoms with E-state index < -0.39 is 5.54 Å². The molecule has 0 aliphatic carbocycles. The van der Waals surface area contributed by atoms with Gasteiger partial charge in [-0.3, -0.25) is 0 Å². The normalized spacial score (nSPS) is 15.7. The molecule has 2 aromatic carbocycles. The molecule has 2 rings (SSSR count). The first-order valence-corrected chi connectivity index (χ1v) is 7.19. The standard InChI is InChI=1S/C18H23FN2/c1-14(21(2)3)18(20,13-15-9-5-4-6-10-15)16-11-7-8-12-17(16)19/h4-12,14H,13,20H2,1-3H3. The highest BCUT2D eigenvalue weighted by Gasteiger charge is 2.37. The van der Waals surface area contributed by atoms with E-state index in [1.807, 2.05) is 62.3 Å². The largest absolute Gasteiger partial charge is 0.320 e. The van der Waals surface area contributed by atoms with Crippen LogP contribution in [0.15, 0.2) is 54.6 Å². The summed E-state index contributed by atoms with van der Waals surface area (Å²) in [4.78, 5) is 2.04. The Morgan fingerprint density at radius 2 is 1.62 bits per heavy atom. The van der Waals surface area contributed by atoms with Gasteiger partial charge in [0.15, 0.2) is 0 Å². The fourth-order valence-corrected chi connectivity index (χ4v) is 2.70. The maximum absolute atomic E-state index is 14.3. The van der Waals surface area contributed by atoms with Crippen molar-refractivity contribution in [2.45, 2.75) is 24.9 Å². The molecule has 0 saturated heterocycles. The molecule has 0 bridgehead atoms. The number of hydrogen-bond acceptors (Lipinski definition) is 2. The minimum Gasteiger partial charge on any atom is -0.320 e. The van der Waals surface area contributed by atoms with Gasteiger partial charge in [0.1, 0.15) is 5.82 Å². The predicted octanol–water partition coefficient (Wildman–Crippen LogP) is 3.17. The van der Waals surface area contributed by atoms with Crippen LogP contribution in [0.1, 0.15) is 18.1 Å². The Hall–Kier alpha value is -1.71. The second-order valence-electron chi connectivity index (χ2n) is 5.82. The molecule has 0 heterocycles. The lowest BCUT2D eigenvalue weighted by atomic mass is 9.78. The highest BCUT2D eigenvalue weighted by molar-refractivity contribution is 5.31. The average Bonchev–Trinajstić information content (AvgIpc) is 2.47. The summed E-state index contributed by atoms with van der Waals surface area (Å²) in [6.45, 7) is 2.04. The summed E-state index contributed by atoms with van der Waals surface area (Å²) < 4.78 is 14.3. The summed E-state index contributed by atoms with van der Waals surface area (Å²) in [5, 5.41) is 0. The number of nitrogens with two attached hydrogens (primary N) is 1. The van der Waals surface area contributed by atoms with Crippen LogP contribution in [0.25, 0.3) is 0 Å². The minimum atomic E-state index is -0.782. The molecule has 2 unspecified atom stereocenters. The van der Waals surface area contributed by atoms with E-state index >= 15 is 0 Å². The molecule has 21 heavy (non-hydrogen) atoms. The average molecular weight is 286 g/mol. The first-order valence-electron chi connectivity index (χ1n) is 7.19. The molecule has 0 radical (unpaired) electrons. The molecular weight excluding hydrogens is 263 g/mol. The number of likely N-dealkylation sites (N-methyl/N-ethyl adjacent to an activating group) is 1. The van der Waals surface area contributed by atoms with Crippen molar-refractivity contribution in [3.8, 4) is 0 Å². The van der Waals surface area contributed by atoms with Gasteiger partial charge in [-0.1, -0.05) is 48.5 Å². The minimum absolute atomic E-state index is 0.00499. The lowest BCUT2D eigenvalue weighted by Gasteiger charge is -2.40. The summed E-state index contributed by atoms with van der Waals surface area (Å²) in [5.74, 6) is -0.246. The van der Waals surface area contributed by atoms with Crippen molar-refractivity contribution in [1.29, 1.82) is 0 Å². The van der Waals surface area contributed by atoms with Crippen molar-refractivity contribution in [1.82, 2.24) is 4.90 Å². The third-order valence-electron chi connectivity index (χ3n) is 4.23. The zero-order valence-corrected chi connectivity index (χ0v) is 12.9. The van der Waals surface area contributed by atoms with Gasteiger partial charge in [-0.25, -0.2) is 4.39 Å². The topological polar surface area (TPSA) is 29.3 Å². The van der Waals surface area contributed by atoms with E-state index in [1.54, 1.807) is 12.1 Å². The van der Waals surface area contributed by atoms with E-state index in [-0.39, 0.29) is 11.9 Å². The second kappa shape index (κ2) is 6.37. The first kappa shape index (κ1) is 15.7. The monoisotopic (exact) mass is 286 g/mol. The predicted molar refractivity (Wildman–Crippen MR) is 85.6 cm³/mol. The fraction of sp³-hybridized carbons (Fsp3) is 0.333. The number of nitrogens with zero attached hydrogens (tertiary/aromatic N) is 1. The Bertz CT molecular complexity index is 583. The molecule has 3 heteroatoms. The highest BCUT2D eigenvalue weighted by Crippen LogP contribution is 2.30. The highest BCUT2D eigenvalue weighted by atomic mass is 19.1. The van der Waals surface area contributed by atoms with Gasteiger partial charge in [0, 0.05) is 11.6 Å². The van der Waals surface area contributed by atoms with E-state index in [0.717, 1.165) is 5.56 Å². The van der Waals surface area contributed by atoms with Gasteiger partial charge in [-0.05, 0) is 39.1 Å². The summed E-state index contributed by atoms with van der Waals surface area (Å²) >= 11 is 0. The Morgan fingerprint density at radius 3 is 2.19 bits per heavy atom. The fourth-order valence-electron chi connectivity index (χ4n) is 2.70. The molecule has 0 saturated carbocycles. The molecular formula is C18H23FN2. The maximum atomic E-state index is 14.3. The van der Waals surface area contributed by atoms with Crippen molar-refractivity contribution in [2.24, 2.45) is 5.73 Å². The van der Waals surface area contributed by atoms with E-state index in [0.29, 0.717) is 12.0 Å². The van der Waals surface area contributed by atoms with Crippen LogP contribution in [0.3, 0.4) is 0 Å². The maximum Gasteiger partial charge on any atom is 0.128 e. The second-order valence-corrected chi connectivity index (χ2v) is 5.82. The van der Waals surface area contributed by atoms with E-state index in [9.17, 15) is 4.39 Å². The van der Waals surface area contributed by atoms with Crippen molar-refractivity contribution in [2.75, 3.05) is 14.1 Å². The van der Waals surface area contributed by atoms with Gasteiger partial charge in [0.2, 0.25) is 0 Å². The molecule has 2 nitrogen and oxygen atoms in total. The Morgan fingerprint density at radius 1 is 1.05 bits per heavy atom. The van der Waals surface area contributed by atoms with E-state index in [1.165, 1.54) is 6.07 Å². The zero-order chi connectivity index (χ0) is 15.5. The first-order chi connectivity index (χ1) is 9.95. The van der Waals surface area contributed by atoms with Crippen LogP contribution in [0, 0.1) is 5.82 Å². The molecule has 112 valence electrons. The number of benzene rings is 2. The van der Waals surface area contributed by atoms with Crippen LogP contribution >= 0.6 is 0 Å². The van der Waals surface area contributed by atoms with Crippen molar-refractivity contribution < 1.29 is 4.39 Å². The van der Waals surface area contributed by atoms with Gasteiger partial charge in [0.05, 0.1) is 5.54 Å². The molecule has 2 atom stereocenters. The van der Waals surface area contributed by atoms with Crippen LogP contribution in [0.4, 0.5) is 4.39 Å². The molecule has 0 amide bonds. The summed E-state index contributed by atoms with van der Waals surface area (Å²) in [7, 11) is 3.94. The third-order valence-corrected chi connectivity index (χ3v) is 4.23. The lowest BCUT2D eigenvalue weighted by molar-refractivity contribution is 0.186. The number of hydrogen-bond donors (Lipinski definition) is 1. The third kappa shape index (κ3) is 3.31. The smallest absolute Gasteiger partial charge is 0.128 e. The Balaban J connectivity index is 2.47. The molecule has 0 aromatic heterocycles. The number of halogens is 1. The quantitative estimate of drug-likeness (QED) is 0.914. The molecule has 0 aliphatic rings. The van der Waals surface area contributed by atoms with Gasteiger partial charge >= 0.3 is 0 Å². The lowest BCUT2D eigenvalue weighted by Crippen LogP contribution is -2.54. The van der Waals surface area contributed by atoms with Gasteiger partial charge in [0.25, 0.3) is 0 Å². The van der Waals surface area contributed by atoms with Crippen LogP contribution in [0.5, 0.6) is 0 Å². The molecule has 2 N–H and O–H groups in total. The Labute approximate surface area is 126 Å². The zero-order valence-electron chi connectivity index (χ0n) is 12.9.